The highest BCUT2D eigenvalue weighted by Crippen LogP contribution is 2.47. The number of hydrogen-bond donors (Lipinski definition) is 1. The standard InChI is InChI=1S/C14H24N2O4/c1-15(2)7-3-4-11-10-16(8-9-20-11)12(17)14(5-6-14)13(18)19/h11H,3-10H2,1-2H3,(H,18,19). The number of aliphatic carboxylic acids is 1. The topological polar surface area (TPSA) is 70.1 Å². The lowest BCUT2D eigenvalue weighted by Gasteiger charge is -2.34. The van der Waals surface area contributed by atoms with Gasteiger partial charge in [-0.25, -0.2) is 0 Å². The highest BCUT2D eigenvalue weighted by atomic mass is 16.5. The molecule has 1 aliphatic carbocycles. The molecule has 0 aromatic heterocycles. The summed E-state index contributed by atoms with van der Waals surface area (Å²) in [7, 11) is 4.06. The molecule has 1 saturated carbocycles. The first-order valence-electron chi connectivity index (χ1n) is 7.25. The smallest absolute Gasteiger partial charge is 0.319 e. The van der Waals surface area contributed by atoms with Gasteiger partial charge in [0.15, 0.2) is 0 Å². The van der Waals surface area contributed by atoms with Gasteiger partial charge in [0.25, 0.3) is 0 Å². The third-order valence-corrected chi connectivity index (χ3v) is 4.13. The molecule has 0 spiro atoms. The monoisotopic (exact) mass is 284 g/mol. The van der Waals surface area contributed by atoms with Crippen molar-refractivity contribution in [2.24, 2.45) is 5.41 Å². The fourth-order valence-corrected chi connectivity index (χ4v) is 2.66. The van der Waals surface area contributed by atoms with Crippen LogP contribution in [0.15, 0.2) is 0 Å². The lowest BCUT2D eigenvalue weighted by Crippen LogP contribution is -2.50. The molecular formula is C14H24N2O4. The van der Waals surface area contributed by atoms with Crippen LogP contribution in [0.1, 0.15) is 25.7 Å². The van der Waals surface area contributed by atoms with Crippen LogP contribution in [0.25, 0.3) is 0 Å². The Balaban J connectivity index is 1.84. The van der Waals surface area contributed by atoms with Gasteiger partial charge in [-0.05, 0) is 46.3 Å². The van der Waals surface area contributed by atoms with E-state index in [-0.39, 0.29) is 12.0 Å². The second-order valence-electron chi connectivity index (χ2n) is 6.08. The van der Waals surface area contributed by atoms with E-state index in [0.29, 0.717) is 32.5 Å². The predicted molar refractivity (Wildman–Crippen MR) is 73.4 cm³/mol. The summed E-state index contributed by atoms with van der Waals surface area (Å²) in [5.41, 5.74) is -1.12. The van der Waals surface area contributed by atoms with Crippen molar-refractivity contribution in [1.82, 2.24) is 9.80 Å². The summed E-state index contributed by atoms with van der Waals surface area (Å²) in [6.45, 7) is 2.54. The van der Waals surface area contributed by atoms with Crippen molar-refractivity contribution in [2.75, 3.05) is 40.3 Å². The first-order chi connectivity index (χ1) is 9.45. The zero-order chi connectivity index (χ0) is 14.8. The molecule has 1 amide bonds. The zero-order valence-electron chi connectivity index (χ0n) is 12.3. The molecule has 0 aromatic rings. The number of morpholine rings is 1. The average molecular weight is 284 g/mol. The molecule has 20 heavy (non-hydrogen) atoms. The third-order valence-electron chi connectivity index (χ3n) is 4.13. The Morgan fingerprint density at radius 1 is 1.40 bits per heavy atom. The van der Waals surface area contributed by atoms with Gasteiger partial charge >= 0.3 is 5.97 Å². The summed E-state index contributed by atoms with van der Waals surface area (Å²) in [5, 5.41) is 9.19. The van der Waals surface area contributed by atoms with Crippen LogP contribution in [0.2, 0.25) is 0 Å². The van der Waals surface area contributed by atoms with Crippen LogP contribution >= 0.6 is 0 Å². The molecule has 1 saturated heterocycles. The Bertz CT molecular complexity index is 379. The largest absolute Gasteiger partial charge is 0.480 e. The summed E-state index contributed by atoms with van der Waals surface area (Å²) < 4.78 is 5.67. The lowest BCUT2D eigenvalue weighted by atomic mass is 10.0. The number of carbonyl (C=O) groups is 2. The van der Waals surface area contributed by atoms with Crippen molar-refractivity contribution in [3.05, 3.63) is 0 Å². The molecule has 6 heteroatoms. The van der Waals surface area contributed by atoms with Crippen LogP contribution in [0.5, 0.6) is 0 Å². The fourth-order valence-electron chi connectivity index (χ4n) is 2.66. The lowest BCUT2D eigenvalue weighted by molar-refractivity contribution is -0.157. The minimum Gasteiger partial charge on any atom is -0.480 e. The average Bonchev–Trinajstić information content (AvgIpc) is 3.19. The number of ether oxygens (including phenoxy) is 1. The molecule has 1 aliphatic heterocycles. The normalized spacial score (nSPS) is 24.8. The summed E-state index contributed by atoms with van der Waals surface area (Å²) in [4.78, 5) is 27.4. The summed E-state index contributed by atoms with van der Waals surface area (Å²) in [6, 6.07) is 0. The van der Waals surface area contributed by atoms with Gasteiger partial charge in [-0.1, -0.05) is 0 Å². The molecule has 1 N–H and O–H groups in total. The molecule has 0 bridgehead atoms. The van der Waals surface area contributed by atoms with Crippen LogP contribution in [0, 0.1) is 5.41 Å². The third kappa shape index (κ3) is 3.30. The number of carboxylic acid groups (broad SMARTS) is 1. The van der Waals surface area contributed by atoms with Gasteiger partial charge < -0.3 is 19.6 Å². The Morgan fingerprint density at radius 3 is 2.65 bits per heavy atom. The van der Waals surface area contributed by atoms with Crippen LogP contribution in [-0.4, -0.2) is 73.2 Å². The van der Waals surface area contributed by atoms with Gasteiger partial charge in [-0.3, -0.25) is 9.59 Å². The van der Waals surface area contributed by atoms with Gasteiger partial charge in [0, 0.05) is 13.1 Å². The van der Waals surface area contributed by atoms with Crippen LogP contribution in [0.3, 0.4) is 0 Å². The van der Waals surface area contributed by atoms with E-state index in [1.807, 2.05) is 14.1 Å². The van der Waals surface area contributed by atoms with Crippen molar-refractivity contribution in [3.63, 3.8) is 0 Å². The Morgan fingerprint density at radius 2 is 2.10 bits per heavy atom. The molecule has 114 valence electrons. The van der Waals surface area contributed by atoms with E-state index in [1.54, 1.807) is 4.90 Å². The Labute approximate surface area is 119 Å². The summed E-state index contributed by atoms with van der Waals surface area (Å²) in [5.74, 6) is -1.19. The molecule has 0 radical (unpaired) electrons. The molecule has 6 nitrogen and oxygen atoms in total. The van der Waals surface area contributed by atoms with E-state index in [9.17, 15) is 14.7 Å². The van der Waals surface area contributed by atoms with Crippen molar-refractivity contribution in [3.8, 4) is 0 Å². The number of carboxylic acids is 1. The second-order valence-corrected chi connectivity index (χ2v) is 6.08. The van der Waals surface area contributed by atoms with E-state index < -0.39 is 11.4 Å². The van der Waals surface area contributed by atoms with Gasteiger partial charge in [-0.2, -0.15) is 0 Å². The molecule has 1 unspecified atom stereocenters. The number of carbonyl (C=O) groups excluding carboxylic acids is 1. The number of nitrogens with zero attached hydrogens (tertiary/aromatic N) is 2. The van der Waals surface area contributed by atoms with Crippen molar-refractivity contribution >= 4 is 11.9 Å². The number of amides is 1. The van der Waals surface area contributed by atoms with Crippen LogP contribution < -0.4 is 0 Å². The van der Waals surface area contributed by atoms with Gasteiger partial charge in [0.1, 0.15) is 5.41 Å². The maximum Gasteiger partial charge on any atom is 0.319 e. The maximum atomic E-state index is 12.3. The molecular weight excluding hydrogens is 260 g/mol. The Hall–Kier alpha value is -1.14. The first-order valence-corrected chi connectivity index (χ1v) is 7.25. The minimum absolute atomic E-state index is 0.0391. The van der Waals surface area contributed by atoms with Crippen molar-refractivity contribution < 1.29 is 19.4 Å². The number of hydrogen-bond acceptors (Lipinski definition) is 4. The first kappa shape index (κ1) is 15.3. The van der Waals surface area contributed by atoms with E-state index >= 15 is 0 Å². The van der Waals surface area contributed by atoms with Crippen LogP contribution in [0.4, 0.5) is 0 Å². The van der Waals surface area contributed by atoms with Gasteiger partial charge in [-0.15, -0.1) is 0 Å². The van der Waals surface area contributed by atoms with Crippen molar-refractivity contribution in [2.45, 2.75) is 31.8 Å². The zero-order valence-corrected chi connectivity index (χ0v) is 12.3. The van der Waals surface area contributed by atoms with Crippen molar-refractivity contribution in [1.29, 1.82) is 0 Å². The van der Waals surface area contributed by atoms with E-state index in [2.05, 4.69) is 4.90 Å². The highest BCUT2D eigenvalue weighted by Gasteiger charge is 2.58. The van der Waals surface area contributed by atoms with Crippen LogP contribution in [-0.2, 0) is 14.3 Å². The van der Waals surface area contributed by atoms with E-state index in [1.165, 1.54) is 0 Å². The summed E-state index contributed by atoms with van der Waals surface area (Å²) in [6.07, 6.45) is 2.91. The van der Waals surface area contributed by atoms with E-state index in [0.717, 1.165) is 19.4 Å². The van der Waals surface area contributed by atoms with Gasteiger partial charge in [0.2, 0.25) is 5.91 Å². The predicted octanol–water partition coefficient (Wildman–Crippen LogP) is 0.420. The summed E-state index contributed by atoms with van der Waals surface area (Å²) >= 11 is 0. The molecule has 2 aliphatic rings. The quantitative estimate of drug-likeness (QED) is 0.716. The second kappa shape index (κ2) is 6.10. The molecule has 2 fully saturated rings. The molecule has 1 atom stereocenters. The minimum atomic E-state index is -1.12. The fraction of sp³-hybridized carbons (Fsp3) is 0.857. The van der Waals surface area contributed by atoms with Gasteiger partial charge in [0.05, 0.1) is 12.7 Å². The molecule has 0 aromatic carbocycles. The number of rotatable bonds is 6. The molecule has 2 rings (SSSR count). The maximum absolute atomic E-state index is 12.3. The molecule has 1 heterocycles. The Kier molecular flexibility index (Phi) is 4.65. The highest BCUT2D eigenvalue weighted by molar-refractivity contribution is 6.04. The van der Waals surface area contributed by atoms with E-state index in [4.69, 9.17) is 4.74 Å². The SMILES string of the molecule is CN(C)CCCC1CN(C(=O)C2(C(=O)O)CC2)CCO1.